The van der Waals surface area contributed by atoms with Gasteiger partial charge in [-0.2, -0.15) is 42.1 Å². The molecule has 0 atom stereocenters. The van der Waals surface area contributed by atoms with E-state index in [1.54, 1.807) is 48.5 Å². The molecule has 0 spiro atoms. The predicted octanol–water partition coefficient (Wildman–Crippen LogP) is 17.0. The Balaban J connectivity index is 1.32. The molecular formula is C76H36N14S. The van der Waals surface area contributed by atoms with Gasteiger partial charge in [-0.3, -0.25) is 4.98 Å². The fourth-order valence-corrected chi connectivity index (χ4v) is 14.6. The van der Waals surface area contributed by atoms with Crippen molar-refractivity contribution in [2.24, 2.45) is 0 Å². The van der Waals surface area contributed by atoms with Crippen molar-refractivity contribution < 1.29 is 0 Å². The summed E-state index contributed by atoms with van der Waals surface area (Å²) in [5, 5.41) is 91.5. The molecule has 91 heavy (non-hydrogen) atoms. The summed E-state index contributed by atoms with van der Waals surface area (Å²) in [6.07, 6.45) is 0. The van der Waals surface area contributed by atoms with Crippen LogP contribution in [0.3, 0.4) is 0 Å². The highest BCUT2D eigenvalue weighted by atomic mass is 32.1. The molecule has 6 aromatic heterocycles. The summed E-state index contributed by atoms with van der Waals surface area (Å²) in [5.74, 6) is 0. The van der Waals surface area contributed by atoms with Gasteiger partial charge in [-0.1, -0.05) is 18.2 Å². The summed E-state index contributed by atoms with van der Waals surface area (Å²) in [5.41, 5.74) is 14.8. The van der Waals surface area contributed by atoms with Gasteiger partial charge in [-0.15, -0.1) is 11.3 Å². The van der Waals surface area contributed by atoms with E-state index in [2.05, 4.69) is 72.9 Å². The summed E-state index contributed by atoms with van der Waals surface area (Å²) < 4.78 is 9.66. The van der Waals surface area contributed by atoms with E-state index in [9.17, 15) is 42.1 Å². The molecule has 10 aromatic carbocycles. The topological polar surface area (TPSA) is 236 Å². The monoisotopic (exact) mass is 1180 g/mol. The van der Waals surface area contributed by atoms with Gasteiger partial charge < -0.3 is 18.3 Å². The van der Waals surface area contributed by atoms with E-state index >= 15 is 0 Å². The summed E-state index contributed by atoms with van der Waals surface area (Å²) in [6, 6.07) is 75.5. The molecule has 416 valence electrons. The third kappa shape index (κ3) is 7.69. The standard InChI is InChI=1S/C76H36N14S/c1-41-7-16-51(42(2)85-41)70-72(87-61-17-8-43(33-77)25-52(61)53-26-44(34-78)9-18-62(53)87)74(89-65-21-12-47(37-81)29-56(65)57-30-48(38-82)13-22-66(57)89)71(76-86-60-5-3-4-6-69(60)91-76)75(90-67-23-14-49(39-83)31-58(67)59-32-50(40-84)15-24-68(59)90)73(70)88-63-19-10-45(35-79)27-54(63)55-28-46(36-80)11-20-64(55)88/h3-32H,1-2H3. The number of nitriles is 8. The third-order valence-electron chi connectivity index (χ3n) is 17.4. The molecule has 0 bridgehead atoms. The molecule has 0 amide bonds. The molecular weight excluding hydrogens is 1140 g/mol. The Kier molecular flexibility index (Phi) is 11.6. The molecule has 16 aromatic rings. The van der Waals surface area contributed by atoms with Crippen LogP contribution in [0.4, 0.5) is 0 Å². The molecule has 0 saturated heterocycles. The zero-order chi connectivity index (χ0) is 62.1. The van der Waals surface area contributed by atoms with Gasteiger partial charge in [-0.05, 0) is 178 Å². The van der Waals surface area contributed by atoms with Gasteiger partial charge in [0.2, 0.25) is 0 Å². The lowest BCUT2D eigenvalue weighted by Crippen LogP contribution is -2.16. The average Bonchev–Trinajstić information content (AvgIpc) is 1.60. The summed E-state index contributed by atoms with van der Waals surface area (Å²) in [4.78, 5) is 11.0. The SMILES string of the molecule is Cc1ccc(-c2c(-n3c4ccc(C#N)cc4c4cc(C#N)ccc43)c(-n3c4ccc(C#N)cc4c4cc(C#N)ccc43)c(-c3nc4ccccc4s3)c(-n3c4ccc(C#N)cc4c4cc(C#N)ccc43)c2-n2c3ccc(C#N)cc3c3cc(C#N)ccc32)c(C)n1. The maximum absolute atomic E-state index is 10.7. The smallest absolute Gasteiger partial charge is 0.129 e. The Morgan fingerprint density at radius 2 is 0.582 bits per heavy atom. The number of para-hydroxylation sites is 1. The van der Waals surface area contributed by atoms with Crippen LogP contribution in [-0.2, 0) is 0 Å². The largest absolute Gasteiger partial charge is 0.306 e. The molecule has 14 nitrogen and oxygen atoms in total. The number of thiazole rings is 1. The Bertz CT molecular complexity index is 5780. The second kappa shape index (κ2) is 20.0. The van der Waals surface area contributed by atoms with Crippen molar-refractivity contribution in [1.82, 2.24) is 28.2 Å². The first-order valence-electron chi connectivity index (χ1n) is 28.7. The number of benzene rings is 10. The molecule has 16 rings (SSSR count). The number of fused-ring (bicyclic) bond motifs is 13. The minimum Gasteiger partial charge on any atom is -0.306 e. The first-order chi connectivity index (χ1) is 44.6. The molecule has 15 heteroatoms. The van der Waals surface area contributed by atoms with E-state index in [1.807, 2.05) is 141 Å². The van der Waals surface area contributed by atoms with Crippen molar-refractivity contribution in [2.75, 3.05) is 0 Å². The van der Waals surface area contributed by atoms with Crippen molar-refractivity contribution in [3.05, 3.63) is 238 Å². The average molecular weight is 1180 g/mol. The van der Waals surface area contributed by atoms with Crippen LogP contribution >= 0.6 is 11.3 Å². The Labute approximate surface area is 520 Å². The number of hydrogen-bond donors (Lipinski definition) is 0. The van der Waals surface area contributed by atoms with Crippen molar-refractivity contribution >= 4 is 109 Å². The number of aryl methyl sites for hydroxylation is 2. The first-order valence-corrected chi connectivity index (χ1v) is 29.5. The van der Waals surface area contributed by atoms with Crippen molar-refractivity contribution in [3.63, 3.8) is 0 Å². The van der Waals surface area contributed by atoms with E-state index in [4.69, 9.17) is 9.97 Å². The lowest BCUT2D eigenvalue weighted by molar-refractivity contribution is 1.04. The highest BCUT2D eigenvalue weighted by molar-refractivity contribution is 7.21. The minimum atomic E-state index is 0.395. The molecule has 0 aliphatic rings. The number of aromatic nitrogens is 6. The zero-order valence-corrected chi connectivity index (χ0v) is 48.8. The minimum absolute atomic E-state index is 0.395. The van der Waals surface area contributed by atoms with Gasteiger partial charge in [0.25, 0.3) is 0 Å². The van der Waals surface area contributed by atoms with Crippen LogP contribution in [0.5, 0.6) is 0 Å². The van der Waals surface area contributed by atoms with E-state index in [0.717, 1.165) is 10.4 Å². The lowest BCUT2D eigenvalue weighted by Gasteiger charge is -2.31. The fourth-order valence-electron chi connectivity index (χ4n) is 13.6. The lowest BCUT2D eigenvalue weighted by atomic mass is 9.92. The van der Waals surface area contributed by atoms with Gasteiger partial charge in [0.1, 0.15) is 5.01 Å². The molecule has 6 heterocycles. The molecule has 0 aliphatic heterocycles. The van der Waals surface area contributed by atoms with Crippen molar-refractivity contribution in [3.8, 4) is 93.0 Å². The Morgan fingerprint density at radius 1 is 0.308 bits per heavy atom. The highest BCUT2D eigenvalue weighted by Gasteiger charge is 2.37. The summed E-state index contributed by atoms with van der Waals surface area (Å²) in [6.45, 7) is 3.92. The van der Waals surface area contributed by atoms with Gasteiger partial charge in [0.05, 0.1) is 176 Å². The van der Waals surface area contributed by atoms with Gasteiger partial charge in [0.15, 0.2) is 0 Å². The second-order valence-corrected chi connectivity index (χ2v) is 23.3. The Hall–Kier alpha value is -13.6. The quantitative estimate of drug-likeness (QED) is 0.153. The summed E-state index contributed by atoms with van der Waals surface area (Å²) >= 11 is 1.49. The number of nitrogens with zero attached hydrogens (tertiary/aromatic N) is 14. The van der Waals surface area contributed by atoms with Crippen molar-refractivity contribution in [1.29, 1.82) is 42.1 Å². The zero-order valence-electron chi connectivity index (χ0n) is 48.0. The molecule has 0 saturated carbocycles. The molecule has 0 fully saturated rings. The van der Waals surface area contributed by atoms with Gasteiger partial charge >= 0.3 is 0 Å². The van der Waals surface area contributed by atoms with Crippen LogP contribution < -0.4 is 0 Å². The molecule has 0 unspecified atom stereocenters. The molecule has 0 radical (unpaired) electrons. The molecule has 0 aliphatic carbocycles. The second-order valence-electron chi connectivity index (χ2n) is 22.3. The summed E-state index contributed by atoms with van der Waals surface area (Å²) in [7, 11) is 0. The van der Waals surface area contributed by atoms with E-state index in [1.165, 1.54) is 11.3 Å². The van der Waals surface area contributed by atoms with E-state index < -0.39 is 0 Å². The van der Waals surface area contributed by atoms with E-state index in [0.29, 0.717) is 187 Å². The van der Waals surface area contributed by atoms with E-state index in [-0.39, 0.29) is 0 Å². The molecule has 0 N–H and O–H groups in total. The first kappa shape index (κ1) is 52.9. The highest BCUT2D eigenvalue weighted by Crippen LogP contribution is 2.56. The third-order valence-corrected chi connectivity index (χ3v) is 18.4. The normalized spacial score (nSPS) is 11.3. The van der Waals surface area contributed by atoms with Crippen LogP contribution in [-0.4, -0.2) is 28.2 Å². The fraction of sp³-hybridized carbons (Fsp3) is 0.0263. The number of pyridine rings is 1. The number of rotatable bonds is 6. The van der Waals surface area contributed by atoms with Crippen LogP contribution in [0.25, 0.3) is 142 Å². The van der Waals surface area contributed by atoms with Crippen LogP contribution in [0.2, 0.25) is 0 Å². The predicted molar refractivity (Wildman–Crippen MR) is 353 cm³/mol. The van der Waals surface area contributed by atoms with Gasteiger partial charge in [0, 0.05) is 65.6 Å². The maximum Gasteiger partial charge on any atom is 0.129 e. The number of hydrogen-bond acceptors (Lipinski definition) is 11. The van der Waals surface area contributed by atoms with Crippen LogP contribution in [0, 0.1) is 104 Å². The van der Waals surface area contributed by atoms with Crippen LogP contribution in [0.15, 0.2) is 182 Å². The maximum atomic E-state index is 10.7. The van der Waals surface area contributed by atoms with Crippen LogP contribution in [0.1, 0.15) is 55.9 Å². The van der Waals surface area contributed by atoms with Gasteiger partial charge in [-0.25, -0.2) is 4.98 Å². The Morgan fingerprint density at radius 3 is 0.846 bits per heavy atom. The van der Waals surface area contributed by atoms with Crippen molar-refractivity contribution in [2.45, 2.75) is 13.8 Å².